The monoisotopic (exact) mass is 264 g/mol. The van der Waals surface area contributed by atoms with Gasteiger partial charge >= 0.3 is 0 Å². The molecule has 0 amide bonds. The van der Waals surface area contributed by atoms with Crippen LogP contribution in [0.25, 0.3) is 0 Å². The van der Waals surface area contributed by atoms with Gasteiger partial charge in [0, 0.05) is 12.1 Å². The van der Waals surface area contributed by atoms with Crippen molar-refractivity contribution in [2.75, 3.05) is 6.54 Å². The van der Waals surface area contributed by atoms with Gasteiger partial charge in [0.05, 0.1) is 6.20 Å². The minimum atomic E-state index is -0.417. The second kappa shape index (κ2) is 6.24. The molecule has 1 N–H and O–H groups in total. The van der Waals surface area contributed by atoms with Crippen LogP contribution in [0.1, 0.15) is 12.5 Å². The summed E-state index contributed by atoms with van der Waals surface area (Å²) in [4.78, 5) is 3.92. The Balaban J connectivity index is 2.20. The van der Waals surface area contributed by atoms with Gasteiger partial charge in [-0.05, 0) is 36.9 Å². The van der Waals surface area contributed by atoms with E-state index < -0.39 is 5.82 Å². The molecule has 1 heterocycles. The molecule has 0 aliphatic carbocycles. The van der Waals surface area contributed by atoms with Gasteiger partial charge in [0.25, 0.3) is 0 Å². The van der Waals surface area contributed by atoms with Gasteiger partial charge in [-0.1, -0.05) is 6.92 Å². The molecular formula is C14H14F2N2O. The molecule has 0 saturated heterocycles. The van der Waals surface area contributed by atoms with Crippen molar-refractivity contribution in [2.24, 2.45) is 0 Å². The van der Waals surface area contributed by atoms with Gasteiger partial charge in [-0.2, -0.15) is 0 Å². The summed E-state index contributed by atoms with van der Waals surface area (Å²) in [6.45, 7) is 3.16. The summed E-state index contributed by atoms with van der Waals surface area (Å²) in [7, 11) is 0. The van der Waals surface area contributed by atoms with Crippen LogP contribution in [0, 0.1) is 11.6 Å². The summed E-state index contributed by atoms with van der Waals surface area (Å²) in [6, 6.07) is 6.95. The molecule has 1 aromatic carbocycles. The van der Waals surface area contributed by atoms with E-state index in [-0.39, 0.29) is 5.82 Å². The number of ether oxygens (including phenoxy) is 1. The highest BCUT2D eigenvalue weighted by Gasteiger charge is 2.08. The van der Waals surface area contributed by atoms with Crippen molar-refractivity contribution in [1.82, 2.24) is 10.3 Å². The Kier molecular flexibility index (Phi) is 4.41. The van der Waals surface area contributed by atoms with Gasteiger partial charge in [0.15, 0.2) is 0 Å². The number of nitrogens with one attached hydrogen (secondary N) is 1. The number of benzene rings is 1. The van der Waals surface area contributed by atoms with E-state index in [1.54, 1.807) is 0 Å². The maximum Gasteiger partial charge on any atom is 0.223 e. The van der Waals surface area contributed by atoms with Crippen molar-refractivity contribution in [3.8, 4) is 11.6 Å². The van der Waals surface area contributed by atoms with Crippen LogP contribution in [0.2, 0.25) is 0 Å². The fourth-order valence-electron chi connectivity index (χ4n) is 1.56. The average Bonchev–Trinajstić information content (AvgIpc) is 2.41. The maximum atomic E-state index is 13.2. The van der Waals surface area contributed by atoms with Crippen molar-refractivity contribution in [2.45, 2.75) is 13.5 Å². The van der Waals surface area contributed by atoms with Gasteiger partial charge in [0.1, 0.15) is 17.4 Å². The van der Waals surface area contributed by atoms with E-state index in [0.29, 0.717) is 23.7 Å². The summed E-state index contributed by atoms with van der Waals surface area (Å²) in [5, 5.41) is 3.08. The molecular weight excluding hydrogens is 250 g/mol. The van der Waals surface area contributed by atoms with Crippen LogP contribution in [0.3, 0.4) is 0 Å². The van der Waals surface area contributed by atoms with E-state index in [1.807, 2.05) is 6.92 Å². The lowest BCUT2D eigenvalue weighted by Crippen LogP contribution is -2.13. The predicted molar refractivity (Wildman–Crippen MR) is 68.0 cm³/mol. The first kappa shape index (κ1) is 13.4. The van der Waals surface area contributed by atoms with Gasteiger partial charge < -0.3 is 10.1 Å². The van der Waals surface area contributed by atoms with E-state index in [4.69, 9.17) is 4.74 Å². The van der Waals surface area contributed by atoms with Crippen LogP contribution in [0.4, 0.5) is 8.78 Å². The summed E-state index contributed by atoms with van der Waals surface area (Å²) < 4.78 is 31.5. The van der Waals surface area contributed by atoms with Crippen molar-refractivity contribution in [3.05, 3.63) is 53.7 Å². The zero-order valence-corrected chi connectivity index (χ0v) is 10.5. The molecule has 0 unspecified atom stereocenters. The van der Waals surface area contributed by atoms with Crippen LogP contribution in [0.5, 0.6) is 11.6 Å². The molecule has 0 atom stereocenters. The first-order chi connectivity index (χ1) is 9.19. The van der Waals surface area contributed by atoms with Crippen molar-refractivity contribution in [3.63, 3.8) is 0 Å². The van der Waals surface area contributed by atoms with Crippen LogP contribution >= 0.6 is 0 Å². The minimum absolute atomic E-state index is 0.314. The number of aromatic nitrogens is 1. The lowest BCUT2D eigenvalue weighted by molar-refractivity contribution is 0.447. The first-order valence-corrected chi connectivity index (χ1v) is 5.97. The summed E-state index contributed by atoms with van der Waals surface area (Å²) in [5.41, 5.74) is 0.617. The van der Waals surface area contributed by atoms with Crippen LogP contribution < -0.4 is 10.1 Å². The summed E-state index contributed by atoms with van der Waals surface area (Å²) in [6.07, 6.45) is 1.09. The van der Waals surface area contributed by atoms with E-state index in [2.05, 4.69) is 10.3 Å². The largest absolute Gasteiger partial charge is 0.439 e. The lowest BCUT2D eigenvalue weighted by Gasteiger charge is -2.10. The molecule has 0 radical (unpaired) electrons. The number of pyridine rings is 1. The lowest BCUT2D eigenvalue weighted by atomic mass is 10.2. The molecule has 0 bridgehead atoms. The third-order valence-corrected chi connectivity index (χ3v) is 2.49. The third-order valence-electron chi connectivity index (χ3n) is 2.49. The average molecular weight is 264 g/mol. The van der Waals surface area contributed by atoms with E-state index in [1.165, 1.54) is 30.3 Å². The SMILES string of the molecule is CCNCc1cc(F)cnc1Oc1ccc(F)cc1. The third kappa shape index (κ3) is 3.72. The molecule has 2 rings (SSSR count). The standard InChI is InChI=1S/C14H14F2N2O/c1-2-17-8-10-7-12(16)9-18-14(10)19-13-5-3-11(15)4-6-13/h3-7,9,17H,2,8H2,1H3. The summed E-state index contributed by atoms with van der Waals surface area (Å²) >= 11 is 0. The molecule has 0 fully saturated rings. The smallest absolute Gasteiger partial charge is 0.223 e. The molecule has 0 aliphatic rings. The Morgan fingerprint density at radius 1 is 1.16 bits per heavy atom. The topological polar surface area (TPSA) is 34.2 Å². The molecule has 0 spiro atoms. The Morgan fingerprint density at radius 3 is 2.58 bits per heavy atom. The number of hydrogen-bond donors (Lipinski definition) is 1. The molecule has 5 heteroatoms. The number of rotatable bonds is 5. The Morgan fingerprint density at radius 2 is 1.89 bits per heavy atom. The van der Waals surface area contributed by atoms with Gasteiger partial charge in [-0.25, -0.2) is 13.8 Å². The van der Waals surface area contributed by atoms with Gasteiger partial charge in [-0.15, -0.1) is 0 Å². The van der Waals surface area contributed by atoms with Crippen LogP contribution in [0.15, 0.2) is 36.5 Å². The first-order valence-electron chi connectivity index (χ1n) is 5.97. The fraction of sp³-hybridized carbons (Fsp3) is 0.214. The summed E-state index contributed by atoms with van der Waals surface area (Å²) in [5.74, 6) is 0.0128. The number of hydrogen-bond acceptors (Lipinski definition) is 3. The number of halogens is 2. The quantitative estimate of drug-likeness (QED) is 0.900. The van der Waals surface area contributed by atoms with Crippen molar-refractivity contribution >= 4 is 0 Å². The Bertz CT molecular complexity index is 544. The molecule has 0 aliphatic heterocycles. The Hall–Kier alpha value is -2.01. The van der Waals surface area contributed by atoms with E-state index in [9.17, 15) is 8.78 Å². The normalized spacial score (nSPS) is 10.5. The number of nitrogens with zero attached hydrogens (tertiary/aromatic N) is 1. The second-order valence-electron chi connectivity index (χ2n) is 3.95. The molecule has 1 aromatic heterocycles. The highest BCUT2D eigenvalue weighted by Crippen LogP contribution is 2.23. The van der Waals surface area contributed by atoms with Crippen molar-refractivity contribution < 1.29 is 13.5 Å². The van der Waals surface area contributed by atoms with Gasteiger partial charge in [0.2, 0.25) is 5.88 Å². The maximum absolute atomic E-state index is 13.2. The second-order valence-corrected chi connectivity index (χ2v) is 3.95. The zero-order chi connectivity index (χ0) is 13.7. The van der Waals surface area contributed by atoms with E-state index in [0.717, 1.165) is 12.7 Å². The molecule has 19 heavy (non-hydrogen) atoms. The molecule has 2 aromatic rings. The van der Waals surface area contributed by atoms with Crippen LogP contribution in [-0.2, 0) is 6.54 Å². The fourth-order valence-corrected chi connectivity index (χ4v) is 1.56. The predicted octanol–water partition coefficient (Wildman–Crippen LogP) is 3.26. The van der Waals surface area contributed by atoms with Crippen molar-refractivity contribution in [1.29, 1.82) is 0 Å². The van der Waals surface area contributed by atoms with Crippen LogP contribution in [-0.4, -0.2) is 11.5 Å². The molecule has 100 valence electrons. The minimum Gasteiger partial charge on any atom is -0.439 e. The Labute approximate surface area is 110 Å². The van der Waals surface area contributed by atoms with Gasteiger partial charge in [-0.3, -0.25) is 0 Å². The molecule has 3 nitrogen and oxygen atoms in total. The zero-order valence-electron chi connectivity index (χ0n) is 10.5. The highest BCUT2D eigenvalue weighted by molar-refractivity contribution is 5.32. The molecule has 0 saturated carbocycles. The van der Waals surface area contributed by atoms with E-state index >= 15 is 0 Å². The highest BCUT2D eigenvalue weighted by atomic mass is 19.1.